The summed E-state index contributed by atoms with van der Waals surface area (Å²) in [6.07, 6.45) is 2.74. The van der Waals surface area contributed by atoms with E-state index in [4.69, 9.17) is 16.6 Å². The summed E-state index contributed by atoms with van der Waals surface area (Å²) in [6, 6.07) is 12.8. The fraction of sp³-hybridized carbons (Fsp3) is 0.321. The van der Waals surface area contributed by atoms with Gasteiger partial charge >= 0.3 is 0 Å². The van der Waals surface area contributed by atoms with Gasteiger partial charge in [0.1, 0.15) is 10.7 Å². The third-order valence-corrected chi connectivity index (χ3v) is 8.99. The molecule has 0 fully saturated rings. The van der Waals surface area contributed by atoms with Crippen LogP contribution in [0.3, 0.4) is 0 Å². The van der Waals surface area contributed by atoms with Crippen molar-refractivity contribution in [2.75, 3.05) is 17.3 Å². The molecular formula is C28H27BrClN3O2S. The molecule has 36 heavy (non-hydrogen) atoms. The van der Waals surface area contributed by atoms with Gasteiger partial charge in [-0.25, -0.2) is 4.99 Å². The van der Waals surface area contributed by atoms with Crippen LogP contribution in [0.1, 0.15) is 53.6 Å². The average molecular weight is 585 g/mol. The van der Waals surface area contributed by atoms with Crippen LogP contribution in [0.5, 0.6) is 0 Å². The highest BCUT2D eigenvalue weighted by molar-refractivity contribution is 9.10. The van der Waals surface area contributed by atoms with Crippen LogP contribution in [0.25, 0.3) is 0 Å². The zero-order valence-electron chi connectivity index (χ0n) is 20.6. The van der Waals surface area contributed by atoms with E-state index in [2.05, 4.69) is 42.0 Å². The van der Waals surface area contributed by atoms with Gasteiger partial charge in [-0.1, -0.05) is 48.3 Å². The van der Waals surface area contributed by atoms with Crippen molar-refractivity contribution in [3.8, 4) is 0 Å². The van der Waals surface area contributed by atoms with Crippen molar-refractivity contribution in [2.24, 2.45) is 16.3 Å². The lowest BCUT2D eigenvalue weighted by Gasteiger charge is -2.33. The molecule has 1 aliphatic carbocycles. The van der Waals surface area contributed by atoms with Gasteiger partial charge in [0.25, 0.3) is 11.8 Å². The molecule has 0 unspecified atom stereocenters. The molecule has 5 nitrogen and oxygen atoms in total. The molecule has 0 bridgehead atoms. The lowest BCUT2D eigenvalue weighted by molar-refractivity contribution is -0.111. The van der Waals surface area contributed by atoms with Crippen molar-refractivity contribution >= 4 is 72.8 Å². The Kier molecular flexibility index (Phi) is 6.60. The smallest absolute Gasteiger partial charge is 0.277 e. The van der Waals surface area contributed by atoms with Crippen LogP contribution >= 0.6 is 38.9 Å². The molecule has 0 spiro atoms. The van der Waals surface area contributed by atoms with Crippen LogP contribution in [0, 0.1) is 11.3 Å². The van der Waals surface area contributed by atoms with Crippen molar-refractivity contribution in [3.63, 3.8) is 0 Å². The van der Waals surface area contributed by atoms with Gasteiger partial charge in [-0.15, -0.1) is 11.3 Å². The van der Waals surface area contributed by atoms with Crippen LogP contribution in [-0.2, 0) is 17.6 Å². The molecule has 0 saturated heterocycles. The number of anilines is 2. The van der Waals surface area contributed by atoms with Crippen molar-refractivity contribution in [3.05, 3.63) is 73.5 Å². The van der Waals surface area contributed by atoms with Crippen molar-refractivity contribution in [1.29, 1.82) is 0 Å². The number of hydrogen-bond donors (Lipinski definition) is 1. The number of benzene rings is 2. The van der Waals surface area contributed by atoms with Gasteiger partial charge < -0.3 is 10.2 Å². The summed E-state index contributed by atoms with van der Waals surface area (Å²) in [4.78, 5) is 34.5. The Hall–Kier alpha value is -2.48. The van der Waals surface area contributed by atoms with Crippen LogP contribution in [0.4, 0.5) is 16.4 Å². The minimum atomic E-state index is -0.211. The van der Waals surface area contributed by atoms with E-state index in [-0.39, 0.29) is 17.2 Å². The number of fused-ring (bicyclic) bond motifs is 2. The first-order valence-electron chi connectivity index (χ1n) is 11.9. The summed E-state index contributed by atoms with van der Waals surface area (Å²) in [5, 5.41) is 4.21. The summed E-state index contributed by atoms with van der Waals surface area (Å²) >= 11 is 11.1. The van der Waals surface area contributed by atoms with Crippen LogP contribution in [-0.4, -0.2) is 24.6 Å². The topological polar surface area (TPSA) is 61.8 Å². The van der Waals surface area contributed by atoms with Gasteiger partial charge in [-0.05, 0) is 78.6 Å². The number of halogens is 2. The minimum absolute atomic E-state index is 0.175. The van der Waals surface area contributed by atoms with Crippen molar-refractivity contribution in [1.82, 2.24) is 0 Å². The molecule has 8 heteroatoms. The first-order valence-corrected chi connectivity index (χ1v) is 13.9. The molecule has 2 aromatic carbocycles. The predicted octanol–water partition coefficient (Wildman–Crippen LogP) is 7.66. The van der Waals surface area contributed by atoms with Crippen LogP contribution in [0.2, 0.25) is 5.02 Å². The Labute approximate surface area is 228 Å². The highest BCUT2D eigenvalue weighted by Crippen LogP contribution is 2.46. The minimum Gasteiger partial charge on any atom is -0.322 e. The second-order valence-corrected chi connectivity index (χ2v) is 12.9. The van der Waals surface area contributed by atoms with Crippen LogP contribution < -0.4 is 10.2 Å². The molecule has 5 rings (SSSR count). The fourth-order valence-corrected chi connectivity index (χ4v) is 6.72. The molecule has 1 atom stereocenters. The highest BCUT2D eigenvalue weighted by Gasteiger charge is 2.36. The first-order chi connectivity index (χ1) is 17.0. The number of nitrogens with one attached hydrogen (secondary N) is 1. The summed E-state index contributed by atoms with van der Waals surface area (Å²) in [5.41, 5.74) is 4.40. The standard InChI is InChI=1S/C28H27BrClN3O2S/c1-28(2,3)15-5-11-19-22(13-15)36-26(23(19)25(34)31-18-9-7-17(30)8-10-18)32-24-20-14-16(29)6-12-21(20)33(4)27(24)35/h6-10,12,14-15H,5,11,13H2,1-4H3,(H,31,34)/t15-/m1/s1. The summed E-state index contributed by atoms with van der Waals surface area (Å²) < 4.78 is 0.872. The Morgan fingerprint density at radius 3 is 2.61 bits per heavy atom. The average Bonchev–Trinajstić information content (AvgIpc) is 3.30. The monoisotopic (exact) mass is 583 g/mol. The third-order valence-electron chi connectivity index (χ3n) is 7.10. The first kappa shape index (κ1) is 25.2. The molecule has 3 aromatic rings. The molecule has 1 N–H and O–H groups in total. The lowest BCUT2D eigenvalue weighted by atomic mass is 9.72. The maximum atomic E-state index is 13.6. The number of hydrogen-bond acceptors (Lipinski definition) is 4. The lowest BCUT2D eigenvalue weighted by Crippen LogP contribution is -2.27. The van der Waals surface area contributed by atoms with Gasteiger partial charge in [0, 0.05) is 32.7 Å². The molecule has 186 valence electrons. The Bertz CT molecular complexity index is 1410. The van der Waals surface area contributed by atoms with Gasteiger partial charge in [-0.2, -0.15) is 0 Å². The molecule has 2 aliphatic rings. The number of likely N-dealkylation sites (N-methyl/N-ethyl adjacent to an activating group) is 1. The van der Waals surface area contributed by atoms with Crippen molar-refractivity contribution < 1.29 is 9.59 Å². The van der Waals surface area contributed by atoms with Gasteiger partial charge in [0.2, 0.25) is 0 Å². The van der Waals surface area contributed by atoms with E-state index < -0.39 is 0 Å². The van der Waals surface area contributed by atoms with Crippen molar-refractivity contribution in [2.45, 2.75) is 40.0 Å². The number of nitrogens with zero attached hydrogens (tertiary/aromatic N) is 2. The SMILES string of the molecule is CN1C(=O)C(=Nc2sc3c(c2C(=O)Nc2ccc(Cl)cc2)CC[C@@H](C(C)(C)C)C3)c2cc(Br)ccc21. The zero-order valence-corrected chi connectivity index (χ0v) is 23.8. The molecule has 1 aromatic heterocycles. The number of thiophene rings is 1. The van der Waals surface area contributed by atoms with Gasteiger partial charge in [0.05, 0.1) is 11.3 Å². The van der Waals surface area contributed by atoms with Gasteiger partial charge in [0.15, 0.2) is 0 Å². The second-order valence-electron chi connectivity index (χ2n) is 10.4. The predicted molar refractivity (Wildman–Crippen MR) is 152 cm³/mol. The molecular weight excluding hydrogens is 558 g/mol. The van der Waals surface area contributed by atoms with E-state index in [9.17, 15) is 9.59 Å². The highest BCUT2D eigenvalue weighted by atomic mass is 79.9. The van der Waals surface area contributed by atoms with E-state index in [0.29, 0.717) is 32.9 Å². The maximum Gasteiger partial charge on any atom is 0.277 e. The molecule has 2 heterocycles. The number of aliphatic imine (C=N–C) groups is 1. The Morgan fingerprint density at radius 2 is 1.92 bits per heavy atom. The van der Waals surface area contributed by atoms with Crippen LogP contribution in [0.15, 0.2) is 51.9 Å². The Balaban J connectivity index is 1.61. The molecule has 2 amide bonds. The van der Waals surface area contributed by atoms with E-state index in [0.717, 1.165) is 40.5 Å². The second kappa shape index (κ2) is 9.43. The number of amides is 2. The zero-order chi connectivity index (χ0) is 25.8. The summed E-state index contributed by atoms with van der Waals surface area (Å²) in [6.45, 7) is 6.81. The quantitative estimate of drug-likeness (QED) is 0.343. The summed E-state index contributed by atoms with van der Waals surface area (Å²) in [5.74, 6) is 0.134. The largest absolute Gasteiger partial charge is 0.322 e. The fourth-order valence-electron chi connectivity index (χ4n) is 4.93. The van der Waals surface area contributed by atoms with E-state index in [1.807, 2.05) is 18.2 Å². The molecule has 0 radical (unpaired) electrons. The summed E-state index contributed by atoms with van der Waals surface area (Å²) in [7, 11) is 1.75. The molecule has 0 saturated carbocycles. The normalized spacial score (nSPS) is 18.4. The number of carbonyl (C=O) groups excluding carboxylic acids is 2. The number of carbonyl (C=O) groups is 2. The maximum absolute atomic E-state index is 13.6. The van der Waals surface area contributed by atoms with Gasteiger partial charge in [-0.3, -0.25) is 9.59 Å². The molecule has 1 aliphatic heterocycles. The third kappa shape index (κ3) is 4.64. The van der Waals surface area contributed by atoms with E-state index in [1.165, 1.54) is 4.88 Å². The Morgan fingerprint density at radius 1 is 1.19 bits per heavy atom. The van der Waals surface area contributed by atoms with E-state index in [1.54, 1.807) is 47.5 Å². The number of rotatable bonds is 3. The van der Waals surface area contributed by atoms with E-state index >= 15 is 0 Å².